The van der Waals surface area contributed by atoms with Crippen molar-refractivity contribution in [2.75, 3.05) is 0 Å². The van der Waals surface area contributed by atoms with Gasteiger partial charge in [-0.3, -0.25) is 0 Å². The lowest BCUT2D eigenvalue weighted by Crippen LogP contribution is -1.88. The maximum Gasteiger partial charge on any atom is 0.238 e. The highest BCUT2D eigenvalue weighted by Crippen LogP contribution is 2.24. The fourth-order valence-electron chi connectivity index (χ4n) is 0.878. The van der Waals surface area contributed by atoms with E-state index in [1.807, 2.05) is 6.92 Å². The summed E-state index contributed by atoms with van der Waals surface area (Å²) >= 11 is 3.26. The second-order valence-corrected chi connectivity index (χ2v) is 3.42. The maximum atomic E-state index is 13.0. The summed E-state index contributed by atoms with van der Waals surface area (Å²) in [4.78, 5) is 12.8. The van der Waals surface area contributed by atoms with Crippen molar-refractivity contribution in [1.29, 1.82) is 0 Å². The van der Waals surface area contributed by atoms with Crippen molar-refractivity contribution in [2.24, 2.45) is 4.99 Å². The molecule has 0 heterocycles. The van der Waals surface area contributed by atoms with Gasteiger partial charge in [-0.25, -0.2) is 9.18 Å². The van der Waals surface area contributed by atoms with Crippen LogP contribution in [0.2, 0.25) is 0 Å². The second kappa shape index (κ2) is 4.30. The van der Waals surface area contributed by atoms with E-state index in [1.165, 1.54) is 6.08 Å². The summed E-state index contributed by atoms with van der Waals surface area (Å²) in [6, 6.07) is 4.94. The van der Waals surface area contributed by atoms with Gasteiger partial charge in [0.05, 0.1) is 0 Å². The van der Waals surface area contributed by atoms with E-state index in [2.05, 4.69) is 20.9 Å². The maximum absolute atomic E-state index is 13.0. The molecule has 68 valence electrons. The number of alkyl halides is 1. The lowest BCUT2D eigenvalue weighted by atomic mass is 10.1. The van der Waals surface area contributed by atoms with Crippen molar-refractivity contribution < 1.29 is 9.18 Å². The van der Waals surface area contributed by atoms with Crippen molar-refractivity contribution in [2.45, 2.75) is 13.2 Å². The third kappa shape index (κ3) is 2.47. The third-order valence-corrected chi connectivity index (χ3v) is 2.49. The molecule has 4 heteroatoms. The van der Waals surface area contributed by atoms with Gasteiger partial charge in [-0.1, -0.05) is 28.1 Å². The van der Waals surface area contributed by atoms with E-state index < -0.39 is 6.30 Å². The Morgan fingerprint density at radius 2 is 2.31 bits per heavy atom. The topological polar surface area (TPSA) is 29.4 Å². The van der Waals surface area contributed by atoms with Crippen LogP contribution in [0.4, 0.5) is 4.39 Å². The molecule has 1 rings (SSSR count). The Hall–Kier alpha value is -0.990. The molecule has 0 aromatic heterocycles. The van der Waals surface area contributed by atoms with E-state index in [0.717, 1.165) is 10.0 Å². The standard InChI is InChI=1S/C9H7BrFNO/c1-6-2-3-7(4-8(6)10)9(11)12-5-13/h2-4,9H,1H3. The zero-order chi connectivity index (χ0) is 9.84. The van der Waals surface area contributed by atoms with Crippen LogP contribution in [-0.2, 0) is 4.79 Å². The highest BCUT2D eigenvalue weighted by molar-refractivity contribution is 9.10. The molecule has 0 bridgehead atoms. The normalized spacial score (nSPS) is 11.9. The van der Waals surface area contributed by atoms with Crippen molar-refractivity contribution in [3.63, 3.8) is 0 Å². The van der Waals surface area contributed by atoms with E-state index in [-0.39, 0.29) is 0 Å². The van der Waals surface area contributed by atoms with Gasteiger partial charge in [0.25, 0.3) is 0 Å². The average Bonchev–Trinajstić information content (AvgIpc) is 2.10. The first-order chi connectivity index (χ1) is 6.15. The Morgan fingerprint density at radius 1 is 1.62 bits per heavy atom. The molecule has 0 aliphatic carbocycles. The molecule has 0 saturated heterocycles. The molecule has 0 N–H and O–H groups in total. The number of isocyanates is 1. The lowest BCUT2D eigenvalue weighted by molar-refractivity contribution is 0.356. The van der Waals surface area contributed by atoms with Crippen LogP contribution >= 0.6 is 15.9 Å². The first-order valence-corrected chi connectivity index (χ1v) is 4.41. The van der Waals surface area contributed by atoms with Crippen molar-refractivity contribution >= 4 is 22.0 Å². The van der Waals surface area contributed by atoms with Gasteiger partial charge in [0.2, 0.25) is 12.4 Å². The number of hydrogen-bond acceptors (Lipinski definition) is 2. The molecule has 1 unspecified atom stereocenters. The molecule has 2 nitrogen and oxygen atoms in total. The van der Waals surface area contributed by atoms with E-state index in [4.69, 9.17) is 0 Å². The highest BCUT2D eigenvalue weighted by atomic mass is 79.9. The fraction of sp³-hybridized carbons (Fsp3) is 0.222. The third-order valence-electron chi connectivity index (χ3n) is 1.64. The van der Waals surface area contributed by atoms with Crippen molar-refractivity contribution in [3.8, 4) is 0 Å². The Balaban J connectivity index is 3.03. The Labute approximate surface area is 83.6 Å². The number of aryl methyl sites for hydroxylation is 1. The minimum absolute atomic E-state index is 0.348. The van der Waals surface area contributed by atoms with Crippen LogP contribution in [0, 0.1) is 6.92 Å². The molecule has 0 aliphatic heterocycles. The SMILES string of the molecule is Cc1ccc(C(F)N=C=O)cc1Br. The molecule has 0 radical (unpaired) electrons. The number of nitrogens with zero attached hydrogens (tertiary/aromatic N) is 1. The van der Waals surface area contributed by atoms with Crippen LogP contribution in [-0.4, -0.2) is 6.08 Å². The van der Waals surface area contributed by atoms with Crippen LogP contribution in [0.3, 0.4) is 0 Å². The number of aliphatic imine (C=N–C) groups is 1. The summed E-state index contributed by atoms with van der Waals surface area (Å²) in [5, 5.41) is 0. The van der Waals surface area contributed by atoms with Crippen LogP contribution in [0.1, 0.15) is 17.4 Å². The number of carbonyl (C=O) groups excluding carboxylic acids is 1. The summed E-state index contributed by atoms with van der Waals surface area (Å²) in [5.74, 6) is 0. The lowest BCUT2D eigenvalue weighted by Gasteiger charge is -2.03. The Bertz CT molecular complexity index is 361. The number of benzene rings is 1. The smallest absolute Gasteiger partial charge is 0.215 e. The van der Waals surface area contributed by atoms with E-state index >= 15 is 0 Å². The summed E-state index contributed by atoms with van der Waals surface area (Å²) < 4.78 is 13.8. The molecule has 0 saturated carbocycles. The average molecular weight is 244 g/mol. The van der Waals surface area contributed by atoms with Gasteiger partial charge in [0, 0.05) is 10.0 Å². The molecule has 0 fully saturated rings. The second-order valence-electron chi connectivity index (χ2n) is 2.56. The Kier molecular flexibility index (Phi) is 3.34. The van der Waals surface area contributed by atoms with Crippen molar-refractivity contribution in [1.82, 2.24) is 0 Å². The zero-order valence-electron chi connectivity index (χ0n) is 6.92. The number of hydrogen-bond donors (Lipinski definition) is 0. The molecule has 0 amide bonds. The molecular formula is C9H7BrFNO. The van der Waals surface area contributed by atoms with Gasteiger partial charge in [0.1, 0.15) is 0 Å². The van der Waals surface area contributed by atoms with Gasteiger partial charge < -0.3 is 0 Å². The summed E-state index contributed by atoms with van der Waals surface area (Å²) in [5.41, 5.74) is 1.35. The van der Waals surface area contributed by atoms with Gasteiger partial charge in [-0.05, 0) is 18.6 Å². The molecule has 1 aromatic rings. The van der Waals surface area contributed by atoms with Gasteiger partial charge in [-0.2, -0.15) is 4.99 Å². The summed E-state index contributed by atoms with van der Waals surface area (Å²) in [6.07, 6.45) is -0.432. The predicted molar refractivity (Wildman–Crippen MR) is 50.8 cm³/mol. The van der Waals surface area contributed by atoms with Crippen LogP contribution in [0.5, 0.6) is 0 Å². The summed E-state index contributed by atoms with van der Waals surface area (Å²) in [6.45, 7) is 1.89. The van der Waals surface area contributed by atoms with E-state index in [1.54, 1.807) is 18.2 Å². The zero-order valence-corrected chi connectivity index (χ0v) is 8.51. The number of halogens is 2. The quantitative estimate of drug-likeness (QED) is 0.446. The minimum Gasteiger partial charge on any atom is -0.215 e. The molecule has 1 aromatic carbocycles. The fourth-order valence-corrected chi connectivity index (χ4v) is 1.27. The van der Waals surface area contributed by atoms with Gasteiger partial charge >= 0.3 is 0 Å². The number of rotatable bonds is 2. The monoisotopic (exact) mass is 243 g/mol. The van der Waals surface area contributed by atoms with Crippen LogP contribution < -0.4 is 0 Å². The molecule has 13 heavy (non-hydrogen) atoms. The molecule has 1 atom stereocenters. The first-order valence-electron chi connectivity index (χ1n) is 3.62. The van der Waals surface area contributed by atoms with Crippen LogP contribution in [0.25, 0.3) is 0 Å². The van der Waals surface area contributed by atoms with Gasteiger partial charge in [0.15, 0.2) is 0 Å². The van der Waals surface area contributed by atoms with Gasteiger partial charge in [-0.15, -0.1) is 0 Å². The molecule has 0 aliphatic rings. The first kappa shape index (κ1) is 10.1. The Morgan fingerprint density at radius 3 is 2.85 bits per heavy atom. The highest BCUT2D eigenvalue weighted by Gasteiger charge is 2.08. The molecular weight excluding hydrogens is 237 g/mol. The predicted octanol–water partition coefficient (Wildman–Crippen LogP) is 3.06. The van der Waals surface area contributed by atoms with Crippen LogP contribution in [0.15, 0.2) is 27.7 Å². The minimum atomic E-state index is -1.62. The van der Waals surface area contributed by atoms with E-state index in [0.29, 0.717) is 5.56 Å². The largest absolute Gasteiger partial charge is 0.238 e. The van der Waals surface area contributed by atoms with E-state index in [9.17, 15) is 9.18 Å². The summed E-state index contributed by atoms with van der Waals surface area (Å²) in [7, 11) is 0. The van der Waals surface area contributed by atoms with Crippen molar-refractivity contribution in [3.05, 3.63) is 33.8 Å². The molecule has 0 spiro atoms.